The van der Waals surface area contributed by atoms with Crippen LogP contribution in [-0.4, -0.2) is 47.0 Å². The van der Waals surface area contributed by atoms with Crippen molar-refractivity contribution in [3.05, 3.63) is 101 Å². The minimum Gasteiger partial charge on any atom is -0.344 e. The molecule has 42 heavy (non-hydrogen) atoms. The van der Waals surface area contributed by atoms with E-state index >= 15 is 0 Å². The Labute approximate surface area is 251 Å². The number of benzene rings is 3. The molecule has 1 heterocycles. The van der Waals surface area contributed by atoms with E-state index in [2.05, 4.69) is 10.6 Å². The summed E-state index contributed by atoms with van der Waals surface area (Å²) in [6.45, 7) is 0.855. The van der Waals surface area contributed by atoms with Crippen molar-refractivity contribution in [1.29, 1.82) is 0 Å². The summed E-state index contributed by atoms with van der Waals surface area (Å²) >= 11 is 5.96. The highest BCUT2D eigenvalue weighted by Gasteiger charge is 2.32. The summed E-state index contributed by atoms with van der Waals surface area (Å²) in [4.78, 5) is 54.3. The normalized spacial score (nSPS) is 14.9. The molecule has 220 valence electrons. The van der Waals surface area contributed by atoms with Crippen LogP contribution in [0.15, 0.2) is 78.9 Å². The van der Waals surface area contributed by atoms with Crippen molar-refractivity contribution in [3.8, 4) is 0 Å². The molecule has 0 unspecified atom stereocenters. The number of hydrogen-bond donors (Lipinski definition) is 3. The molecule has 0 bridgehead atoms. The van der Waals surface area contributed by atoms with E-state index in [-0.39, 0.29) is 42.8 Å². The summed E-state index contributed by atoms with van der Waals surface area (Å²) in [6.07, 6.45) is 2.52. The van der Waals surface area contributed by atoms with Gasteiger partial charge in [0.05, 0.1) is 0 Å². The number of anilines is 1. The van der Waals surface area contributed by atoms with Crippen LogP contribution in [0.3, 0.4) is 0 Å². The Kier molecular flexibility index (Phi) is 11.3. The molecule has 4 rings (SSSR count). The average molecular weight is 589 g/mol. The first-order chi connectivity index (χ1) is 20.3. The Hall–Kier alpha value is -4.01. The third-order valence-electron chi connectivity index (χ3n) is 7.47. The van der Waals surface area contributed by atoms with E-state index < -0.39 is 12.1 Å². The summed E-state index contributed by atoms with van der Waals surface area (Å²) in [5.74, 6) is -0.917. The Bertz CT molecular complexity index is 1380. The molecular weight excluding hydrogens is 552 g/mol. The molecule has 3 aromatic carbocycles. The second kappa shape index (κ2) is 15.3. The lowest BCUT2D eigenvalue weighted by Crippen LogP contribution is -2.49. The monoisotopic (exact) mass is 588 g/mol. The fraction of sp³-hybridized carbons (Fsp3) is 0.333. The number of rotatable bonds is 13. The van der Waals surface area contributed by atoms with Crippen molar-refractivity contribution >= 4 is 40.8 Å². The van der Waals surface area contributed by atoms with Gasteiger partial charge < -0.3 is 21.3 Å². The number of nitrogens with one attached hydrogen (secondary N) is 2. The van der Waals surface area contributed by atoms with Gasteiger partial charge in [0.25, 0.3) is 0 Å². The molecule has 0 radical (unpaired) electrons. The number of fused-ring (bicyclic) bond motifs is 1. The van der Waals surface area contributed by atoms with Gasteiger partial charge in [-0.15, -0.1) is 0 Å². The number of unbranched alkanes of at least 4 members (excludes halogenated alkanes) is 1. The predicted molar refractivity (Wildman–Crippen MR) is 164 cm³/mol. The van der Waals surface area contributed by atoms with Gasteiger partial charge in [-0.05, 0) is 67.6 Å². The summed E-state index contributed by atoms with van der Waals surface area (Å²) < 4.78 is 0. The predicted octanol–water partition coefficient (Wildman–Crippen LogP) is 4.90. The molecule has 4 N–H and O–H groups in total. The first-order valence-corrected chi connectivity index (χ1v) is 14.7. The standard InChI is InChI=1S/C33H37ClN4O4/c34-26-13-15-27(16-14-26)36-33(42)29(12-6-7-19-35)37-31(40)21-28-20-24-10-4-5-11-25(24)22-38(28)32(41)18-17-30(39)23-8-2-1-3-9-23/h1-5,8-11,13-16,28-29H,6-7,12,17-22,35H2,(H,36,42)(H,37,40)/t28-,29-/m0/s1. The van der Waals surface area contributed by atoms with Crippen molar-refractivity contribution in [2.75, 3.05) is 11.9 Å². The molecule has 3 aromatic rings. The number of carbonyl (C=O) groups excluding carboxylic acids is 4. The molecule has 0 saturated carbocycles. The maximum absolute atomic E-state index is 13.4. The van der Waals surface area contributed by atoms with Gasteiger partial charge in [0.2, 0.25) is 17.7 Å². The number of hydrogen-bond acceptors (Lipinski definition) is 5. The Morgan fingerprint density at radius 2 is 1.57 bits per heavy atom. The van der Waals surface area contributed by atoms with Crippen molar-refractivity contribution in [2.45, 2.75) is 63.6 Å². The van der Waals surface area contributed by atoms with Crippen LogP contribution in [0.2, 0.25) is 5.02 Å². The molecule has 2 atom stereocenters. The van der Waals surface area contributed by atoms with Gasteiger partial charge in [-0.3, -0.25) is 19.2 Å². The summed E-state index contributed by atoms with van der Waals surface area (Å²) in [6, 6.07) is 22.4. The van der Waals surface area contributed by atoms with Crippen LogP contribution in [-0.2, 0) is 27.3 Å². The first kappa shape index (κ1) is 30.9. The second-order valence-corrected chi connectivity index (χ2v) is 11.0. The van der Waals surface area contributed by atoms with E-state index in [0.29, 0.717) is 48.6 Å². The van der Waals surface area contributed by atoms with Crippen molar-refractivity contribution in [1.82, 2.24) is 10.2 Å². The SMILES string of the molecule is NCCCC[C@H](NC(=O)C[C@@H]1Cc2ccccc2CN1C(=O)CCC(=O)c1ccccc1)C(=O)Nc1ccc(Cl)cc1. The molecule has 8 nitrogen and oxygen atoms in total. The van der Waals surface area contributed by atoms with Gasteiger partial charge in [0, 0.05) is 48.1 Å². The Morgan fingerprint density at radius 3 is 2.29 bits per heavy atom. The number of amides is 3. The summed E-state index contributed by atoms with van der Waals surface area (Å²) in [5, 5.41) is 6.30. The number of Topliss-reactive ketones (excluding diaryl/α,β-unsaturated/α-hetero) is 1. The van der Waals surface area contributed by atoms with Crippen molar-refractivity contribution < 1.29 is 19.2 Å². The molecule has 0 saturated heterocycles. The topological polar surface area (TPSA) is 122 Å². The van der Waals surface area contributed by atoms with E-state index in [4.69, 9.17) is 17.3 Å². The van der Waals surface area contributed by atoms with Gasteiger partial charge >= 0.3 is 0 Å². The molecule has 0 fully saturated rings. The number of carbonyl (C=O) groups is 4. The largest absolute Gasteiger partial charge is 0.344 e. The molecule has 1 aliphatic heterocycles. The van der Waals surface area contributed by atoms with Gasteiger partial charge in [-0.25, -0.2) is 0 Å². The average Bonchev–Trinajstić information content (AvgIpc) is 3.00. The van der Waals surface area contributed by atoms with E-state index in [9.17, 15) is 19.2 Å². The quantitative estimate of drug-likeness (QED) is 0.194. The number of ketones is 1. The van der Waals surface area contributed by atoms with Crippen LogP contribution in [0.4, 0.5) is 5.69 Å². The van der Waals surface area contributed by atoms with Crippen LogP contribution in [0, 0.1) is 0 Å². The van der Waals surface area contributed by atoms with Crippen LogP contribution in [0.5, 0.6) is 0 Å². The Balaban J connectivity index is 1.43. The molecular formula is C33H37ClN4O4. The van der Waals surface area contributed by atoms with E-state index in [0.717, 1.165) is 17.5 Å². The lowest BCUT2D eigenvalue weighted by Gasteiger charge is -2.37. The molecule has 0 aliphatic carbocycles. The van der Waals surface area contributed by atoms with Crippen LogP contribution >= 0.6 is 11.6 Å². The molecule has 9 heteroatoms. The van der Waals surface area contributed by atoms with Crippen LogP contribution < -0.4 is 16.4 Å². The maximum Gasteiger partial charge on any atom is 0.246 e. The van der Waals surface area contributed by atoms with Crippen LogP contribution in [0.25, 0.3) is 0 Å². The van der Waals surface area contributed by atoms with Crippen molar-refractivity contribution in [2.24, 2.45) is 5.73 Å². The van der Waals surface area contributed by atoms with Gasteiger partial charge in [0.15, 0.2) is 5.78 Å². The van der Waals surface area contributed by atoms with Crippen LogP contribution in [0.1, 0.15) is 60.0 Å². The second-order valence-electron chi connectivity index (χ2n) is 10.5. The lowest BCUT2D eigenvalue weighted by atomic mass is 9.91. The van der Waals surface area contributed by atoms with Gasteiger partial charge in [-0.2, -0.15) is 0 Å². The lowest BCUT2D eigenvalue weighted by molar-refractivity contribution is -0.136. The zero-order valence-corrected chi connectivity index (χ0v) is 24.3. The fourth-order valence-corrected chi connectivity index (χ4v) is 5.31. The highest BCUT2D eigenvalue weighted by atomic mass is 35.5. The molecule has 0 spiro atoms. The number of nitrogens with zero attached hydrogens (tertiary/aromatic N) is 1. The number of halogens is 1. The molecule has 0 aromatic heterocycles. The molecule has 3 amide bonds. The Morgan fingerprint density at radius 1 is 0.881 bits per heavy atom. The van der Waals surface area contributed by atoms with E-state index in [1.165, 1.54) is 0 Å². The summed E-state index contributed by atoms with van der Waals surface area (Å²) in [7, 11) is 0. The smallest absolute Gasteiger partial charge is 0.246 e. The minimum absolute atomic E-state index is 0.0360. The first-order valence-electron chi connectivity index (χ1n) is 14.3. The minimum atomic E-state index is -0.761. The van der Waals surface area contributed by atoms with Gasteiger partial charge in [0.1, 0.15) is 6.04 Å². The van der Waals surface area contributed by atoms with Crippen molar-refractivity contribution in [3.63, 3.8) is 0 Å². The third-order valence-corrected chi connectivity index (χ3v) is 7.72. The zero-order valence-electron chi connectivity index (χ0n) is 23.6. The summed E-state index contributed by atoms with van der Waals surface area (Å²) in [5.41, 5.74) is 8.91. The van der Waals surface area contributed by atoms with E-state index in [1.54, 1.807) is 53.4 Å². The maximum atomic E-state index is 13.4. The third kappa shape index (κ3) is 8.74. The van der Waals surface area contributed by atoms with E-state index in [1.807, 2.05) is 30.3 Å². The van der Waals surface area contributed by atoms with Gasteiger partial charge in [-0.1, -0.05) is 66.2 Å². The highest BCUT2D eigenvalue weighted by molar-refractivity contribution is 6.30. The highest BCUT2D eigenvalue weighted by Crippen LogP contribution is 2.26. The zero-order chi connectivity index (χ0) is 29.9. The number of nitrogens with two attached hydrogens (primary N) is 1. The molecule has 1 aliphatic rings. The fourth-order valence-electron chi connectivity index (χ4n) is 5.19.